The van der Waals surface area contributed by atoms with E-state index in [1.165, 1.54) is 0 Å². The zero-order valence-corrected chi connectivity index (χ0v) is 17.2. The van der Waals surface area contributed by atoms with Crippen molar-refractivity contribution in [1.82, 2.24) is 10.7 Å². The second-order valence-electron chi connectivity index (χ2n) is 7.15. The van der Waals surface area contributed by atoms with Crippen molar-refractivity contribution in [2.45, 2.75) is 31.2 Å². The van der Waals surface area contributed by atoms with Gasteiger partial charge in [0.2, 0.25) is 0 Å². The van der Waals surface area contributed by atoms with E-state index in [0.717, 1.165) is 22.3 Å². The van der Waals surface area contributed by atoms with E-state index in [-0.39, 0.29) is 18.9 Å². The van der Waals surface area contributed by atoms with Crippen LogP contribution in [0.1, 0.15) is 36.3 Å². The van der Waals surface area contributed by atoms with Crippen molar-refractivity contribution in [3.8, 4) is 11.1 Å². The number of benzene rings is 2. The Morgan fingerprint density at radius 3 is 2.28 bits per heavy atom. The number of ether oxygens (including phenoxy) is 1. The Kier molecular flexibility index (Phi) is 7.91. The Balaban J connectivity index is 1.44. The first-order valence-electron chi connectivity index (χ1n) is 10.1. The molecule has 32 heavy (non-hydrogen) atoms. The maximum absolute atomic E-state index is 12.1. The van der Waals surface area contributed by atoms with Gasteiger partial charge in [0.15, 0.2) is 6.04 Å². The lowest BCUT2D eigenvalue weighted by Gasteiger charge is -2.14. The Labute approximate surface area is 184 Å². The summed E-state index contributed by atoms with van der Waals surface area (Å²) in [7, 11) is 0. The monoisotopic (exact) mass is 434 g/mol. The molecule has 0 fully saturated rings. The third kappa shape index (κ3) is 5.48. The maximum Gasteiger partial charge on any atom is 0.407 e. The van der Waals surface area contributed by atoms with Crippen LogP contribution in [0.15, 0.2) is 58.9 Å². The normalized spacial score (nSPS) is 12.4. The van der Waals surface area contributed by atoms with Crippen LogP contribution < -0.4 is 10.7 Å². The molecule has 0 unspecified atom stereocenters. The van der Waals surface area contributed by atoms with E-state index in [2.05, 4.69) is 55.2 Å². The lowest BCUT2D eigenvalue weighted by atomic mass is 9.98. The van der Waals surface area contributed by atoms with Gasteiger partial charge in [-0.15, -0.1) is 5.53 Å². The van der Waals surface area contributed by atoms with Crippen molar-refractivity contribution in [2.24, 2.45) is 10.3 Å². The molecule has 0 aromatic heterocycles. The number of amides is 2. The van der Waals surface area contributed by atoms with Crippen LogP contribution in [0.3, 0.4) is 0 Å². The molecule has 2 aromatic carbocycles. The first-order valence-corrected chi connectivity index (χ1v) is 10.1. The van der Waals surface area contributed by atoms with Gasteiger partial charge in [-0.05, 0) is 57.4 Å². The van der Waals surface area contributed by atoms with E-state index in [1.807, 2.05) is 24.3 Å². The Morgan fingerprint density at radius 1 is 1.00 bits per heavy atom. The number of rotatable bonds is 10. The first kappa shape index (κ1) is 22.5. The summed E-state index contributed by atoms with van der Waals surface area (Å²) in [5.41, 5.74) is 23.6. The van der Waals surface area contributed by atoms with Crippen LogP contribution >= 0.6 is 0 Å². The number of hydrogen-bond donors (Lipinski definition) is 2. The zero-order chi connectivity index (χ0) is 22.8. The van der Waals surface area contributed by atoms with Crippen LogP contribution in [-0.4, -0.2) is 31.2 Å². The van der Waals surface area contributed by atoms with Crippen molar-refractivity contribution in [1.29, 1.82) is 0 Å². The highest BCUT2D eigenvalue weighted by Gasteiger charge is 2.28. The molecule has 2 amide bonds. The molecule has 0 heterocycles. The average molecular weight is 434 g/mol. The molecule has 0 spiro atoms. The highest BCUT2D eigenvalue weighted by atomic mass is 16.5. The van der Waals surface area contributed by atoms with Gasteiger partial charge in [0, 0.05) is 17.4 Å². The molecule has 1 aliphatic carbocycles. The molecule has 11 heteroatoms. The number of carbonyl (C=O) groups excluding carboxylic acids is 2. The van der Waals surface area contributed by atoms with Crippen LogP contribution in [0.25, 0.3) is 32.0 Å². The number of fused-ring (bicyclic) bond motifs is 3. The van der Waals surface area contributed by atoms with Crippen molar-refractivity contribution in [3.63, 3.8) is 0 Å². The van der Waals surface area contributed by atoms with Gasteiger partial charge in [-0.25, -0.2) is 4.79 Å². The van der Waals surface area contributed by atoms with E-state index in [4.69, 9.17) is 15.8 Å². The number of carbonyl (C=O) groups is 2. The van der Waals surface area contributed by atoms with Crippen LogP contribution in [0.5, 0.6) is 0 Å². The number of hydrogen-bond acceptors (Lipinski definition) is 4. The molecular weight excluding hydrogens is 412 g/mol. The molecule has 0 radical (unpaired) electrons. The lowest BCUT2D eigenvalue weighted by Crippen LogP contribution is -2.32. The quantitative estimate of drug-likeness (QED) is 0.182. The van der Waals surface area contributed by atoms with Crippen molar-refractivity contribution < 1.29 is 14.3 Å². The summed E-state index contributed by atoms with van der Waals surface area (Å²) in [5, 5.41) is 8.83. The SMILES string of the molecule is [N-]=[N+]=NN[C@@H](CCCCNC(=O)OCC1c2ccccc2-c2ccccc21)C(=O)N=[N+]=[N-]. The van der Waals surface area contributed by atoms with Gasteiger partial charge in [-0.2, -0.15) is 4.91 Å². The average Bonchev–Trinajstić information content (AvgIpc) is 3.13. The summed E-state index contributed by atoms with van der Waals surface area (Å²) < 4.78 is 5.46. The van der Waals surface area contributed by atoms with Gasteiger partial charge in [0.05, 0.1) is 0 Å². The Bertz CT molecular complexity index is 1030. The van der Waals surface area contributed by atoms with Crippen LogP contribution in [0.4, 0.5) is 4.79 Å². The van der Waals surface area contributed by atoms with Crippen LogP contribution in [0, 0.1) is 0 Å². The first-order chi connectivity index (χ1) is 15.7. The third-order valence-electron chi connectivity index (χ3n) is 5.23. The summed E-state index contributed by atoms with van der Waals surface area (Å²) in [6, 6.07) is 15.3. The molecule has 0 aliphatic heterocycles. The molecule has 11 nitrogen and oxygen atoms in total. The fourth-order valence-electron chi connectivity index (χ4n) is 3.77. The number of nitrogens with zero attached hydrogens (tertiary/aromatic N) is 6. The lowest BCUT2D eigenvalue weighted by molar-refractivity contribution is -0.120. The van der Waals surface area contributed by atoms with Gasteiger partial charge in [0.25, 0.3) is 5.91 Å². The highest BCUT2D eigenvalue weighted by Crippen LogP contribution is 2.44. The summed E-state index contributed by atoms with van der Waals surface area (Å²) in [5.74, 6) is -0.767. The summed E-state index contributed by atoms with van der Waals surface area (Å²) in [4.78, 5) is 28.8. The minimum atomic E-state index is -0.906. The van der Waals surface area contributed by atoms with E-state index in [0.29, 0.717) is 19.4 Å². The maximum atomic E-state index is 12.1. The molecule has 1 atom stereocenters. The fourth-order valence-corrected chi connectivity index (χ4v) is 3.77. The smallest absolute Gasteiger partial charge is 0.407 e. The topological polar surface area (TPSA) is 165 Å². The standard InChI is InChI=1S/C21H22N8O3/c22-27-26-20(30)19(25-29-28-23)11-5-6-12-24-21(31)32-13-18-16-9-3-1-7-14(16)15-8-2-4-10-17(15)18/h1-4,7-10,18-19,25H,5-6,11-13H2,(H,24,31)/t19-/m0/s1. The molecule has 2 aromatic rings. The second kappa shape index (κ2) is 11.3. The number of nitrogens with one attached hydrogen (secondary N) is 2. The Hall–Kier alpha value is -4.20. The van der Waals surface area contributed by atoms with Gasteiger partial charge < -0.3 is 10.1 Å². The second-order valence-corrected chi connectivity index (χ2v) is 7.15. The molecule has 0 saturated carbocycles. The molecular formula is C21H22N8O3. The van der Waals surface area contributed by atoms with E-state index < -0.39 is 18.0 Å². The Morgan fingerprint density at radius 2 is 1.66 bits per heavy atom. The van der Waals surface area contributed by atoms with E-state index in [9.17, 15) is 9.59 Å². The molecule has 0 bridgehead atoms. The van der Waals surface area contributed by atoms with Crippen LogP contribution in [0.2, 0.25) is 0 Å². The fraction of sp³-hybridized carbons (Fsp3) is 0.333. The molecule has 2 N–H and O–H groups in total. The predicted molar refractivity (Wildman–Crippen MR) is 117 cm³/mol. The molecule has 1 aliphatic rings. The van der Waals surface area contributed by atoms with Gasteiger partial charge in [-0.3, -0.25) is 10.2 Å². The van der Waals surface area contributed by atoms with Gasteiger partial charge in [0.1, 0.15) is 6.61 Å². The summed E-state index contributed by atoms with van der Waals surface area (Å²) in [6.07, 6.45) is 0.848. The van der Waals surface area contributed by atoms with E-state index >= 15 is 0 Å². The predicted octanol–water partition coefficient (Wildman–Crippen LogP) is 4.72. The van der Waals surface area contributed by atoms with Crippen molar-refractivity contribution in [3.05, 3.63) is 80.5 Å². The molecule has 164 valence electrons. The largest absolute Gasteiger partial charge is 0.449 e. The number of azide groups is 2. The molecule has 0 saturated heterocycles. The number of unbranched alkanes of at least 4 members (excludes halogenated alkanes) is 1. The van der Waals surface area contributed by atoms with Crippen LogP contribution in [-0.2, 0) is 9.53 Å². The minimum Gasteiger partial charge on any atom is -0.449 e. The van der Waals surface area contributed by atoms with E-state index in [1.54, 1.807) is 0 Å². The summed E-state index contributed by atoms with van der Waals surface area (Å²) >= 11 is 0. The number of alkyl carbamates (subject to hydrolysis) is 1. The van der Waals surface area contributed by atoms with Crippen molar-refractivity contribution in [2.75, 3.05) is 13.2 Å². The van der Waals surface area contributed by atoms with Gasteiger partial charge in [-0.1, -0.05) is 48.5 Å². The zero-order valence-electron chi connectivity index (χ0n) is 17.2. The van der Waals surface area contributed by atoms with Crippen molar-refractivity contribution >= 4 is 12.0 Å². The molecule has 3 rings (SSSR count). The third-order valence-corrected chi connectivity index (χ3v) is 5.23. The minimum absolute atomic E-state index is 0.00706. The summed E-state index contributed by atoms with van der Waals surface area (Å²) in [6.45, 7) is 0.583. The highest BCUT2D eigenvalue weighted by molar-refractivity contribution is 5.82. The van der Waals surface area contributed by atoms with Gasteiger partial charge >= 0.3 is 6.09 Å².